The molecule has 1 atom stereocenters. The maximum atomic E-state index is 12.0. The number of carbonyl (C=O) groups excluding carboxylic acids is 1. The lowest BCUT2D eigenvalue weighted by Gasteiger charge is -2.12. The lowest BCUT2D eigenvalue weighted by molar-refractivity contribution is -0.139. The molecule has 1 unspecified atom stereocenters. The van der Waals surface area contributed by atoms with Gasteiger partial charge < -0.3 is 4.74 Å². The maximum absolute atomic E-state index is 12.0. The molecule has 17 heavy (non-hydrogen) atoms. The fraction of sp³-hybridized carbons (Fsp3) is 0.417. The van der Waals surface area contributed by atoms with Crippen LogP contribution in [0.4, 0.5) is 0 Å². The first-order valence-electron chi connectivity index (χ1n) is 5.12. The number of esters is 1. The highest BCUT2D eigenvalue weighted by molar-refractivity contribution is 9.25. The molecule has 2 nitrogen and oxygen atoms in total. The highest BCUT2D eigenvalue weighted by atomic mass is 79.9. The second kappa shape index (κ2) is 4.25. The summed E-state index contributed by atoms with van der Waals surface area (Å²) in [7, 11) is 0. The van der Waals surface area contributed by atoms with Gasteiger partial charge in [-0.3, -0.25) is 4.79 Å². The van der Waals surface area contributed by atoms with E-state index in [9.17, 15) is 4.79 Å². The minimum atomic E-state index is -0.513. The van der Waals surface area contributed by atoms with E-state index < -0.39 is 5.41 Å². The van der Waals surface area contributed by atoms with Crippen molar-refractivity contribution in [2.45, 2.75) is 23.5 Å². The third-order valence-electron chi connectivity index (χ3n) is 3.05. The van der Waals surface area contributed by atoms with E-state index in [1.165, 1.54) is 0 Å². The summed E-state index contributed by atoms with van der Waals surface area (Å²) in [6.07, 6.45) is 0.714. The number of hydrogen-bond acceptors (Lipinski definition) is 2. The van der Waals surface area contributed by atoms with Crippen LogP contribution in [0.1, 0.15) is 18.9 Å². The summed E-state index contributed by atoms with van der Waals surface area (Å²) < 4.78 is 5.03. The fourth-order valence-corrected chi connectivity index (χ4v) is 3.08. The second-order valence-electron chi connectivity index (χ2n) is 4.51. The number of ether oxygens (including phenoxy) is 1. The van der Waals surface area contributed by atoms with E-state index in [1.807, 2.05) is 13.8 Å². The zero-order chi connectivity index (χ0) is 12.8. The summed E-state index contributed by atoms with van der Waals surface area (Å²) in [6.45, 7) is 3.74. The molecule has 0 N–H and O–H groups in total. The van der Waals surface area contributed by atoms with E-state index in [-0.39, 0.29) is 9.20 Å². The van der Waals surface area contributed by atoms with Crippen molar-refractivity contribution in [1.29, 1.82) is 0 Å². The molecule has 0 aromatic heterocycles. The number of benzene rings is 1. The van der Waals surface area contributed by atoms with Gasteiger partial charge in [-0.2, -0.15) is 0 Å². The van der Waals surface area contributed by atoms with Gasteiger partial charge in [0.2, 0.25) is 0 Å². The molecule has 5 heteroatoms. The summed E-state index contributed by atoms with van der Waals surface area (Å²) in [5.41, 5.74) is 0.377. The zero-order valence-electron chi connectivity index (χ0n) is 9.39. The summed E-state index contributed by atoms with van der Waals surface area (Å²) in [6, 6.07) is 5.18. The lowest BCUT2D eigenvalue weighted by Crippen LogP contribution is -2.23. The summed E-state index contributed by atoms with van der Waals surface area (Å²) in [4.78, 5) is 12.0. The molecule has 1 aliphatic carbocycles. The van der Waals surface area contributed by atoms with E-state index in [0.29, 0.717) is 17.2 Å². The Labute approximate surface area is 122 Å². The average Bonchev–Trinajstić information content (AvgIpc) is 2.74. The highest BCUT2D eigenvalue weighted by Crippen LogP contribution is 2.66. The van der Waals surface area contributed by atoms with Gasteiger partial charge in [-0.05, 0) is 44.0 Å². The Kier molecular flexibility index (Phi) is 3.34. The minimum absolute atomic E-state index is 0.243. The Hall–Kier alpha value is -0.0600. The molecule has 1 fully saturated rings. The summed E-state index contributed by atoms with van der Waals surface area (Å²) in [5, 5.41) is 0.665. The number of alkyl halides is 2. The molecule has 1 aromatic rings. The number of rotatable bonds is 2. The molecule has 1 saturated carbocycles. The molecule has 0 radical (unpaired) electrons. The first-order chi connectivity index (χ1) is 7.76. The standard InChI is InChI=1S/C12H11Br2ClO2/c1-7-5-8(3-4-9(7)15)17-10(16)11(2)6-12(11,13)14/h3-5H,6H2,1-2H3. The van der Waals surface area contributed by atoms with Gasteiger partial charge in [-0.1, -0.05) is 43.5 Å². The summed E-state index contributed by atoms with van der Waals surface area (Å²) in [5.74, 6) is 0.286. The van der Waals surface area contributed by atoms with Crippen molar-refractivity contribution in [3.8, 4) is 5.75 Å². The van der Waals surface area contributed by atoms with Crippen LogP contribution >= 0.6 is 43.5 Å². The van der Waals surface area contributed by atoms with Crippen molar-refractivity contribution in [2.75, 3.05) is 0 Å². The first-order valence-corrected chi connectivity index (χ1v) is 7.09. The van der Waals surface area contributed by atoms with Gasteiger partial charge in [0.05, 0.1) is 8.65 Å². The van der Waals surface area contributed by atoms with Gasteiger partial charge in [0.25, 0.3) is 0 Å². The van der Waals surface area contributed by atoms with Gasteiger partial charge in [0, 0.05) is 5.02 Å². The van der Waals surface area contributed by atoms with Crippen molar-refractivity contribution in [3.63, 3.8) is 0 Å². The quantitative estimate of drug-likeness (QED) is 0.429. The number of halogens is 3. The van der Waals surface area contributed by atoms with Crippen LogP contribution in [0.25, 0.3) is 0 Å². The fourth-order valence-electron chi connectivity index (χ4n) is 1.52. The smallest absolute Gasteiger partial charge is 0.319 e. The van der Waals surface area contributed by atoms with Gasteiger partial charge in [-0.15, -0.1) is 0 Å². The van der Waals surface area contributed by atoms with Crippen LogP contribution < -0.4 is 4.74 Å². The molecule has 0 spiro atoms. The monoisotopic (exact) mass is 380 g/mol. The van der Waals surface area contributed by atoms with E-state index in [0.717, 1.165) is 5.56 Å². The van der Waals surface area contributed by atoms with Gasteiger partial charge in [-0.25, -0.2) is 0 Å². The van der Waals surface area contributed by atoms with Crippen molar-refractivity contribution in [3.05, 3.63) is 28.8 Å². The second-order valence-corrected chi connectivity index (χ2v) is 8.69. The van der Waals surface area contributed by atoms with Crippen LogP contribution in [-0.4, -0.2) is 9.20 Å². The van der Waals surface area contributed by atoms with E-state index in [1.54, 1.807) is 18.2 Å². The number of carbonyl (C=O) groups is 1. The van der Waals surface area contributed by atoms with Crippen molar-refractivity contribution in [1.82, 2.24) is 0 Å². The molecule has 0 heterocycles. The van der Waals surface area contributed by atoms with Crippen molar-refractivity contribution < 1.29 is 9.53 Å². The van der Waals surface area contributed by atoms with E-state index >= 15 is 0 Å². The van der Waals surface area contributed by atoms with Crippen LogP contribution in [0, 0.1) is 12.3 Å². The SMILES string of the molecule is Cc1cc(OC(=O)C2(C)CC2(Br)Br)ccc1Cl. The Balaban J connectivity index is 2.12. The minimum Gasteiger partial charge on any atom is -0.426 e. The van der Waals surface area contributed by atoms with Crippen LogP contribution in [-0.2, 0) is 4.79 Å². The molecule has 0 saturated heterocycles. The van der Waals surface area contributed by atoms with Gasteiger partial charge in [0.1, 0.15) is 5.75 Å². The predicted molar refractivity (Wildman–Crippen MR) is 75.1 cm³/mol. The Morgan fingerprint density at radius 1 is 1.47 bits per heavy atom. The van der Waals surface area contributed by atoms with Gasteiger partial charge in [0.15, 0.2) is 0 Å². The summed E-state index contributed by atoms with van der Waals surface area (Å²) >= 11 is 12.8. The van der Waals surface area contributed by atoms with Crippen LogP contribution in [0.5, 0.6) is 5.75 Å². The zero-order valence-corrected chi connectivity index (χ0v) is 13.3. The van der Waals surface area contributed by atoms with Gasteiger partial charge >= 0.3 is 5.97 Å². The molecule has 0 amide bonds. The predicted octanol–water partition coefficient (Wildman–Crippen LogP) is 4.45. The first kappa shape index (κ1) is 13.4. The molecule has 0 aliphatic heterocycles. The highest BCUT2D eigenvalue weighted by Gasteiger charge is 2.68. The molecule has 0 bridgehead atoms. The number of hydrogen-bond donors (Lipinski definition) is 0. The lowest BCUT2D eigenvalue weighted by atomic mass is 10.1. The van der Waals surface area contributed by atoms with Crippen molar-refractivity contribution >= 4 is 49.4 Å². The molecular formula is C12H11Br2ClO2. The normalized spacial score (nSPS) is 25.5. The Bertz CT molecular complexity index is 487. The Morgan fingerprint density at radius 3 is 2.53 bits per heavy atom. The molecular weight excluding hydrogens is 371 g/mol. The van der Waals surface area contributed by atoms with Crippen molar-refractivity contribution in [2.24, 2.45) is 5.41 Å². The number of aryl methyl sites for hydroxylation is 1. The molecule has 92 valence electrons. The van der Waals surface area contributed by atoms with Crippen LogP contribution in [0.3, 0.4) is 0 Å². The maximum Gasteiger partial charge on any atom is 0.319 e. The van der Waals surface area contributed by atoms with E-state index in [4.69, 9.17) is 16.3 Å². The molecule has 1 aliphatic rings. The molecule has 2 rings (SSSR count). The average molecular weight is 382 g/mol. The van der Waals surface area contributed by atoms with E-state index in [2.05, 4.69) is 31.9 Å². The third kappa shape index (κ3) is 2.40. The largest absolute Gasteiger partial charge is 0.426 e. The molecule has 1 aromatic carbocycles. The Morgan fingerprint density at radius 2 is 2.06 bits per heavy atom. The van der Waals surface area contributed by atoms with Crippen LogP contribution in [0.15, 0.2) is 18.2 Å². The topological polar surface area (TPSA) is 26.3 Å². The van der Waals surface area contributed by atoms with Crippen LogP contribution in [0.2, 0.25) is 5.02 Å². The third-order valence-corrected chi connectivity index (χ3v) is 5.78.